The van der Waals surface area contributed by atoms with Gasteiger partial charge in [-0.1, -0.05) is 13.8 Å². The summed E-state index contributed by atoms with van der Waals surface area (Å²) in [6.45, 7) is 5.59. The first-order valence-electron chi connectivity index (χ1n) is 3.70. The predicted molar refractivity (Wildman–Crippen MR) is 35.7 cm³/mol. The minimum Gasteiger partial charge on any atom is -0.371 e. The first-order valence-corrected chi connectivity index (χ1v) is 3.70. The van der Waals surface area contributed by atoms with Gasteiger partial charge in [0.2, 0.25) is 0 Å². The second kappa shape index (κ2) is 1.51. The van der Waals surface area contributed by atoms with Gasteiger partial charge in [-0.25, -0.2) is 0 Å². The molecule has 0 aromatic rings. The highest BCUT2D eigenvalue weighted by molar-refractivity contribution is 5.09. The second-order valence-electron chi connectivity index (χ2n) is 3.69. The Balaban J connectivity index is 2.26. The Morgan fingerprint density at radius 2 is 2.33 bits per heavy atom. The largest absolute Gasteiger partial charge is 0.371 e. The summed E-state index contributed by atoms with van der Waals surface area (Å²) < 4.78 is 5.48. The topological polar surface area (TPSA) is 9.23 Å². The summed E-state index contributed by atoms with van der Waals surface area (Å²) in [5, 5.41) is 0. The van der Waals surface area contributed by atoms with Gasteiger partial charge in [0.15, 0.2) is 0 Å². The Bertz CT molecular complexity index is 107. The molecule has 1 radical (unpaired) electrons. The summed E-state index contributed by atoms with van der Waals surface area (Å²) in [7, 11) is 0. The third-order valence-corrected chi connectivity index (χ3v) is 2.92. The van der Waals surface area contributed by atoms with Crippen molar-refractivity contribution in [1.29, 1.82) is 0 Å². The van der Waals surface area contributed by atoms with Gasteiger partial charge in [0.05, 0.1) is 6.61 Å². The first-order chi connectivity index (χ1) is 4.21. The summed E-state index contributed by atoms with van der Waals surface area (Å²) in [5.74, 6) is 0.826. The van der Waals surface area contributed by atoms with Crippen molar-refractivity contribution in [3.63, 3.8) is 0 Å². The number of ether oxygens (including phenoxy) is 1. The van der Waals surface area contributed by atoms with Gasteiger partial charge < -0.3 is 4.74 Å². The van der Waals surface area contributed by atoms with Crippen LogP contribution in [0.25, 0.3) is 0 Å². The zero-order chi connectivity index (χ0) is 6.48. The predicted octanol–water partition coefficient (Wildman–Crippen LogP) is 1.98. The molecule has 9 heavy (non-hydrogen) atoms. The maximum atomic E-state index is 5.48. The highest BCUT2D eigenvalue weighted by Crippen LogP contribution is 2.54. The van der Waals surface area contributed by atoms with Gasteiger partial charge in [-0.15, -0.1) is 0 Å². The van der Waals surface area contributed by atoms with E-state index in [0.29, 0.717) is 5.41 Å². The van der Waals surface area contributed by atoms with Crippen molar-refractivity contribution in [3.05, 3.63) is 6.10 Å². The van der Waals surface area contributed by atoms with Crippen molar-refractivity contribution in [2.24, 2.45) is 11.3 Å². The summed E-state index contributed by atoms with van der Waals surface area (Å²) >= 11 is 0. The Kier molecular flexibility index (Phi) is 0.963. The smallest absolute Gasteiger partial charge is 0.103 e. The molecule has 2 fully saturated rings. The van der Waals surface area contributed by atoms with Gasteiger partial charge in [0.25, 0.3) is 0 Å². The average molecular weight is 125 g/mol. The molecule has 1 aliphatic carbocycles. The number of hydrogen-bond acceptors (Lipinski definition) is 1. The van der Waals surface area contributed by atoms with Crippen molar-refractivity contribution in [1.82, 2.24) is 0 Å². The standard InChI is InChI=1S/C8H13O/c1-8(2)6-3-4-7(8)9-5-6/h6H,3-5H2,1-2H3. The molecule has 1 atom stereocenters. The van der Waals surface area contributed by atoms with Gasteiger partial charge in [-0.2, -0.15) is 0 Å². The molecule has 1 aliphatic heterocycles. The third kappa shape index (κ3) is 0.586. The van der Waals surface area contributed by atoms with Crippen LogP contribution in [0.4, 0.5) is 0 Å². The molecule has 1 saturated carbocycles. The lowest BCUT2D eigenvalue weighted by molar-refractivity contribution is 0.144. The second-order valence-corrected chi connectivity index (χ2v) is 3.69. The Hall–Kier alpha value is -0.0400. The molecule has 2 aliphatic rings. The summed E-state index contributed by atoms with van der Waals surface area (Å²) in [4.78, 5) is 0. The molecule has 1 heteroatoms. The zero-order valence-corrected chi connectivity index (χ0v) is 6.11. The summed E-state index contributed by atoms with van der Waals surface area (Å²) in [6, 6.07) is 0. The van der Waals surface area contributed by atoms with Crippen LogP contribution in [-0.4, -0.2) is 6.61 Å². The van der Waals surface area contributed by atoms with Crippen LogP contribution in [0.2, 0.25) is 0 Å². The molecule has 0 spiro atoms. The van der Waals surface area contributed by atoms with Gasteiger partial charge >= 0.3 is 0 Å². The van der Waals surface area contributed by atoms with E-state index in [1.54, 1.807) is 0 Å². The van der Waals surface area contributed by atoms with Crippen molar-refractivity contribution >= 4 is 0 Å². The van der Waals surface area contributed by atoms with E-state index in [0.717, 1.165) is 12.5 Å². The van der Waals surface area contributed by atoms with Crippen LogP contribution in [0.3, 0.4) is 0 Å². The lowest BCUT2D eigenvalue weighted by atomic mass is 9.83. The fourth-order valence-electron chi connectivity index (χ4n) is 1.97. The summed E-state index contributed by atoms with van der Waals surface area (Å²) in [6.07, 6.45) is 3.94. The summed E-state index contributed by atoms with van der Waals surface area (Å²) in [5.41, 5.74) is 0.417. The van der Waals surface area contributed by atoms with Crippen molar-refractivity contribution in [2.45, 2.75) is 26.7 Å². The highest BCUT2D eigenvalue weighted by Gasteiger charge is 2.49. The molecule has 1 unspecified atom stereocenters. The van der Waals surface area contributed by atoms with E-state index in [2.05, 4.69) is 13.8 Å². The maximum absolute atomic E-state index is 5.48. The van der Waals surface area contributed by atoms with Crippen LogP contribution in [0.1, 0.15) is 26.7 Å². The molecule has 51 valence electrons. The first kappa shape index (κ1) is 5.72. The van der Waals surface area contributed by atoms with Crippen LogP contribution < -0.4 is 0 Å². The molecule has 0 aromatic heterocycles. The lowest BCUT2D eigenvalue weighted by Crippen LogP contribution is -2.16. The maximum Gasteiger partial charge on any atom is 0.103 e. The fraction of sp³-hybridized carbons (Fsp3) is 0.875. The van der Waals surface area contributed by atoms with Crippen LogP contribution in [0.5, 0.6) is 0 Å². The Morgan fingerprint density at radius 3 is 2.44 bits per heavy atom. The van der Waals surface area contributed by atoms with E-state index >= 15 is 0 Å². The van der Waals surface area contributed by atoms with E-state index in [1.165, 1.54) is 18.9 Å². The fourth-order valence-corrected chi connectivity index (χ4v) is 1.97. The van der Waals surface area contributed by atoms with E-state index in [4.69, 9.17) is 4.74 Å². The minimum atomic E-state index is 0.417. The van der Waals surface area contributed by atoms with Crippen molar-refractivity contribution < 1.29 is 4.74 Å². The SMILES string of the molecule is CC1(C)[C]2CCC1CO2. The molecule has 2 rings (SSSR count). The average Bonchev–Trinajstić information content (AvgIpc) is 2.24. The highest BCUT2D eigenvalue weighted by atomic mass is 16.5. The molecule has 1 heterocycles. The van der Waals surface area contributed by atoms with E-state index in [1.807, 2.05) is 0 Å². The van der Waals surface area contributed by atoms with Gasteiger partial charge in [-0.3, -0.25) is 0 Å². The van der Waals surface area contributed by atoms with Crippen LogP contribution >= 0.6 is 0 Å². The molecule has 2 bridgehead atoms. The molecule has 1 saturated heterocycles. The molecule has 0 aromatic carbocycles. The number of hydrogen-bond donors (Lipinski definition) is 0. The van der Waals surface area contributed by atoms with Gasteiger partial charge in [0, 0.05) is 5.41 Å². The number of fused-ring (bicyclic) bond motifs is 2. The van der Waals surface area contributed by atoms with Crippen LogP contribution in [0, 0.1) is 17.4 Å². The Morgan fingerprint density at radius 1 is 1.56 bits per heavy atom. The molecule has 0 N–H and O–H groups in total. The Labute approximate surface area is 56.4 Å². The number of rotatable bonds is 0. The minimum absolute atomic E-state index is 0.417. The van der Waals surface area contributed by atoms with Gasteiger partial charge in [0.1, 0.15) is 6.10 Å². The third-order valence-electron chi connectivity index (χ3n) is 2.92. The molecular weight excluding hydrogens is 112 g/mol. The van der Waals surface area contributed by atoms with Crippen LogP contribution in [-0.2, 0) is 4.74 Å². The van der Waals surface area contributed by atoms with E-state index in [-0.39, 0.29) is 0 Å². The lowest BCUT2D eigenvalue weighted by Gasteiger charge is -2.19. The van der Waals surface area contributed by atoms with Crippen molar-refractivity contribution in [2.75, 3.05) is 6.61 Å². The monoisotopic (exact) mass is 125 g/mol. The van der Waals surface area contributed by atoms with E-state index in [9.17, 15) is 0 Å². The van der Waals surface area contributed by atoms with E-state index < -0.39 is 0 Å². The molecule has 0 amide bonds. The molecule has 1 nitrogen and oxygen atoms in total. The quantitative estimate of drug-likeness (QED) is 0.481. The normalized spacial score (nSPS) is 40.0. The molecular formula is C8H13O. The zero-order valence-electron chi connectivity index (χ0n) is 6.11. The van der Waals surface area contributed by atoms with Gasteiger partial charge in [-0.05, 0) is 18.8 Å². The van der Waals surface area contributed by atoms with Crippen LogP contribution in [0.15, 0.2) is 0 Å². The van der Waals surface area contributed by atoms with Crippen molar-refractivity contribution in [3.8, 4) is 0 Å².